The Kier molecular flexibility index (Phi) is 7.37. The van der Waals surface area contributed by atoms with Gasteiger partial charge in [-0.1, -0.05) is 30.1 Å². The number of carboxylic acid groups (broad SMARTS) is 1. The van der Waals surface area contributed by atoms with Crippen molar-refractivity contribution < 1.29 is 24.2 Å². The predicted molar refractivity (Wildman–Crippen MR) is 84.2 cm³/mol. The second-order valence-electron chi connectivity index (χ2n) is 4.24. The highest BCUT2D eigenvalue weighted by Gasteiger charge is 2.20. The number of nitrogens with one attached hydrogen (secondary N) is 2. The van der Waals surface area contributed by atoms with Gasteiger partial charge in [0.15, 0.2) is 6.10 Å². The molecule has 0 fully saturated rings. The van der Waals surface area contributed by atoms with Crippen LogP contribution in [0.25, 0.3) is 0 Å². The first-order chi connectivity index (χ1) is 10.8. The normalized spacial score (nSPS) is 11.8. The fourth-order valence-electron chi connectivity index (χ4n) is 1.44. The molecule has 0 saturated carbocycles. The molecule has 1 aromatic rings. The molecule has 0 heterocycles. The van der Waals surface area contributed by atoms with Gasteiger partial charge in [-0.3, -0.25) is 20.4 Å². The van der Waals surface area contributed by atoms with Gasteiger partial charge >= 0.3 is 5.97 Å². The van der Waals surface area contributed by atoms with Gasteiger partial charge in [0.1, 0.15) is 5.75 Å². The van der Waals surface area contributed by atoms with E-state index in [4.69, 9.17) is 33.0 Å². The predicted octanol–water partition coefficient (Wildman–Crippen LogP) is 1.94. The SMILES string of the molecule is CCC(Oc1cc(Cl)ccc1Cl)C(=O)NNC(=O)C=CC(=O)O. The van der Waals surface area contributed by atoms with E-state index in [1.54, 1.807) is 13.0 Å². The molecule has 0 aliphatic heterocycles. The van der Waals surface area contributed by atoms with Crippen molar-refractivity contribution in [2.75, 3.05) is 0 Å². The lowest BCUT2D eigenvalue weighted by Crippen LogP contribution is -2.47. The average molecular weight is 361 g/mol. The van der Waals surface area contributed by atoms with Crippen LogP contribution in [0.15, 0.2) is 30.4 Å². The van der Waals surface area contributed by atoms with Crippen LogP contribution in [0.2, 0.25) is 10.0 Å². The highest BCUT2D eigenvalue weighted by Crippen LogP contribution is 2.28. The summed E-state index contributed by atoms with van der Waals surface area (Å²) in [4.78, 5) is 33.5. The number of halogens is 2. The van der Waals surface area contributed by atoms with Crippen molar-refractivity contribution in [3.8, 4) is 5.75 Å². The second-order valence-corrected chi connectivity index (χ2v) is 5.08. The minimum absolute atomic E-state index is 0.235. The van der Waals surface area contributed by atoms with Crippen molar-refractivity contribution in [2.24, 2.45) is 0 Å². The Bertz CT molecular complexity index is 634. The maximum Gasteiger partial charge on any atom is 0.328 e. The second kappa shape index (κ2) is 9.02. The zero-order valence-electron chi connectivity index (χ0n) is 12.0. The monoisotopic (exact) mass is 360 g/mol. The third-order valence-corrected chi connectivity index (χ3v) is 3.06. The molecule has 0 aromatic heterocycles. The molecular weight excluding hydrogens is 347 g/mol. The Hall–Kier alpha value is -2.25. The number of amides is 2. The molecule has 0 bridgehead atoms. The van der Waals surface area contributed by atoms with Crippen molar-refractivity contribution in [1.82, 2.24) is 10.9 Å². The standard InChI is InChI=1S/C14H14Cl2N2O5/c1-2-10(23-11-7-8(15)3-4-9(11)16)14(22)18-17-12(19)5-6-13(20)21/h3-7,10H,2H2,1H3,(H,17,19)(H,18,22)(H,20,21). The van der Waals surface area contributed by atoms with Crippen molar-refractivity contribution in [3.05, 3.63) is 40.4 Å². The van der Waals surface area contributed by atoms with E-state index in [2.05, 4.69) is 5.43 Å². The maximum absolute atomic E-state index is 12.0. The summed E-state index contributed by atoms with van der Waals surface area (Å²) >= 11 is 11.8. The zero-order valence-corrected chi connectivity index (χ0v) is 13.5. The van der Waals surface area contributed by atoms with Gasteiger partial charge in [0.2, 0.25) is 0 Å². The van der Waals surface area contributed by atoms with Crippen LogP contribution >= 0.6 is 23.2 Å². The molecule has 9 heteroatoms. The first-order valence-corrected chi connectivity index (χ1v) is 7.21. The van der Waals surface area contributed by atoms with E-state index in [-0.39, 0.29) is 10.8 Å². The highest BCUT2D eigenvalue weighted by molar-refractivity contribution is 6.34. The zero-order chi connectivity index (χ0) is 17.4. The summed E-state index contributed by atoms with van der Waals surface area (Å²) in [5, 5.41) is 9.06. The fraction of sp³-hybridized carbons (Fsp3) is 0.214. The van der Waals surface area contributed by atoms with Crippen molar-refractivity contribution in [2.45, 2.75) is 19.4 Å². The fourth-order valence-corrected chi connectivity index (χ4v) is 1.76. The largest absolute Gasteiger partial charge is 0.479 e. The number of carboxylic acids is 1. The molecule has 1 unspecified atom stereocenters. The lowest BCUT2D eigenvalue weighted by molar-refractivity contribution is -0.132. The Balaban J connectivity index is 2.63. The van der Waals surface area contributed by atoms with E-state index in [0.717, 1.165) is 6.08 Å². The minimum Gasteiger partial charge on any atom is -0.479 e. The summed E-state index contributed by atoms with van der Waals surface area (Å²) < 4.78 is 5.48. The van der Waals surface area contributed by atoms with Gasteiger partial charge in [-0.05, 0) is 18.6 Å². The number of hydrogen-bond donors (Lipinski definition) is 3. The summed E-state index contributed by atoms with van der Waals surface area (Å²) in [5.74, 6) is -2.47. The maximum atomic E-state index is 12.0. The van der Waals surface area contributed by atoms with E-state index in [1.165, 1.54) is 12.1 Å². The number of rotatable bonds is 6. The number of hydrazine groups is 1. The van der Waals surface area contributed by atoms with Crippen LogP contribution in [-0.2, 0) is 14.4 Å². The Morgan fingerprint density at radius 2 is 1.96 bits per heavy atom. The molecule has 1 atom stereocenters. The quantitative estimate of drug-likeness (QED) is 0.531. The van der Waals surface area contributed by atoms with Crippen LogP contribution in [0.5, 0.6) is 5.75 Å². The number of benzene rings is 1. The van der Waals surface area contributed by atoms with Crippen LogP contribution in [-0.4, -0.2) is 29.0 Å². The molecule has 1 aromatic carbocycles. The highest BCUT2D eigenvalue weighted by atomic mass is 35.5. The van der Waals surface area contributed by atoms with Gasteiger partial charge in [0.05, 0.1) is 5.02 Å². The molecule has 1 rings (SSSR count). The lowest BCUT2D eigenvalue weighted by atomic mass is 10.2. The van der Waals surface area contributed by atoms with Gasteiger partial charge in [-0.25, -0.2) is 4.79 Å². The van der Waals surface area contributed by atoms with Crippen LogP contribution in [0.3, 0.4) is 0 Å². The van der Waals surface area contributed by atoms with E-state index in [9.17, 15) is 14.4 Å². The molecule has 0 radical (unpaired) electrons. The van der Waals surface area contributed by atoms with E-state index < -0.39 is 23.9 Å². The molecule has 7 nitrogen and oxygen atoms in total. The topological polar surface area (TPSA) is 105 Å². The van der Waals surface area contributed by atoms with Gasteiger partial charge in [-0.15, -0.1) is 0 Å². The number of carbonyl (C=O) groups is 3. The number of aliphatic carboxylic acids is 1. The van der Waals surface area contributed by atoms with Gasteiger partial charge in [0.25, 0.3) is 11.8 Å². The van der Waals surface area contributed by atoms with Gasteiger partial charge < -0.3 is 9.84 Å². The first-order valence-electron chi connectivity index (χ1n) is 6.46. The third kappa shape index (κ3) is 6.58. The summed E-state index contributed by atoms with van der Waals surface area (Å²) in [6.45, 7) is 1.70. The summed E-state index contributed by atoms with van der Waals surface area (Å²) in [5.41, 5.74) is 4.16. The number of hydrogen-bond acceptors (Lipinski definition) is 4. The van der Waals surface area contributed by atoms with Gasteiger partial charge in [-0.2, -0.15) is 0 Å². The molecular formula is C14H14Cl2N2O5. The molecule has 23 heavy (non-hydrogen) atoms. The van der Waals surface area contributed by atoms with E-state index in [1.807, 2.05) is 5.43 Å². The molecule has 0 aliphatic rings. The van der Waals surface area contributed by atoms with E-state index >= 15 is 0 Å². The first kappa shape index (κ1) is 18.8. The molecule has 0 aliphatic carbocycles. The van der Waals surface area contributed by atoms with Crippen molar-refractivity contribution in [1.29, 1.82) is 0 Å². The summed E-state index contributed by atoms with van der Waals surface area (Å²) in [7, 11) is 0. The molecule has 3 N–H and O–H groups in total. The lowest BCUT2D eigenvalue weighted by Gasteiger charge is -2.18. The molecule has 0 spiro atoms. The van der Waals surface area contributed by atoms with Crippen LogP contribution in [0.4, 0.5) is 0 Å². The minimum atomic E-state index is -1.28. The van der Waals surface area contributed by atoms with Crippen molar-refractivity contribution in [3.63, 3.8) is 0 Å². The average Bonchev–Trinajstić information content (AvgIpc) is 2.51. The van der Waals surface area contributed by atoms with E-state index in [0.29, 0.717) is 17.5 Å². The van der Waals surface area contributed by atoms with Crippen LogP contribution < -0.4 is 15.6 Å². The van der Waals surface area contributed by atoms with Gasteiger partial charge in [0, 0.05) is 23.2 Å². The smallest absolute Gasteiger partial charge is 0.328 e. The molecule has 2 amide bonds. The van der Waals surface area contributed by atoms with Crippen LogP contribution in [0.1, 0.15) is 13.3 Å². The Morgan fingerprint density at radius 1 is 1.26 bits per heavy atom. The third-order valence-electron chi connectivity index (χ3n) is 2.51. The summed E-state index contributed by atoms with van der Waals surface area (Å²) in [6.07, 6.45) is 0.782. The molecule has 0 saturated heterocycles. The van der Waals surface area contributed by atoms with Crippen molar-refractivity contribution >= 4 is 41.0 Å². The summed E-state index contributed by atoms with van der Waals surface area (Å²) in [6, 6.07) is 4.57. The Morgan fingerprint density at radius 3 is 2.57 bits per heavy atom. The number of carbonyl (C=O) groups excluding carboxylic acids is 2. The Labute approximate surface area is 142 Å². The number of ether oxygens (including phenoxy) is 1. The van der Waals surface area contributed by atoms with Crippen LogP contribution in [0, 0.1) is 0 Å². The molecule has 124 valence electrons.